The zero-order valence-corrected chi connectivity index (χ0v) is 17.7. The average molecular weight is 433 g/mol. The van der Waals surface area contributed by atoms with Crippen molar-refractivity contribution in [1.82, 2.24) is 4.98 Å². The van der Waals surface area contributed by atoms with Gasteiger partial charge < -0.3 is 14.2 Å². The number of rotatable bonds is 7. The number of fused-ring (bicyclic) bond motifs is 1. The van der Waals surface area contributed by atoms with Crippen molar-refractivity contribution in [2.75, 3.05) is 19.6 Å². The number of nitrogens with zero attached hydrogens (tertiary/aromatic N) is 2. The maximum atomic E-state index is 12.5. The SMILES string of the molecule is COc1cc(C=NNc2nc3ccccc3s2)ccc1OC(=O)c1ccccc1OC. The predicted octanol–water partition coefficient (Wildman–Crippen LogP) is 4.98. The first-order valence-electron chi connectivity index (χ1n) is 9.36. The van der Waals surface area contributed by atoms with E-state index in [0.29, 0.717) is 27.9 Å². The molecule has 0 bridgehead atoms. The second kappa shape index (κ2) is 9.27. The van der Waals surface area contributed by atoms with Gasteiger partial charge in [0.1, 0.15) is 11.3 Å². The number of hydrogen-bond acceptors (Lipinski definition) is 8. The van der Waals surface area contributed by atoms with Crippen LogP contribution < -0.4 is 19.6 Å². The smallest absolute Gasteiger partial charge is 0.347 e. The number of methoxy groups -OCH3 is 2. The van der Waals surface area contributed by atoms with Gasteiger partial charge in [-0.15, -0.1) is 0 Å². The number of carbonyl (C=O) groups excluding carboxylic acids is 1. The van der Waals surface area contributed by atoms with Crippen LogP contribution in [0.2, 0.25) is 0 Å². The Morgan fingerprint density at radius 3 is 2.55 bits per heavy atom. The van der Waals surface area contributed by atoms with Gasteiger partial charge in [-0.1, -0.05) is 35.6 Å². The second-order valence-electron chi connectivity index (χ2n) is 6.36. The number of ether oxygens (including phenoxy) is 3. The first kappa shape index (κ1) is 20.4. The third-order valence-electron chi connectivity index (χ3n) is 4.38. The number of esters is 1. The monoisotopic (exact) mass is 433 g/mol. The van der Waals surface area contributed by atoms with E-state index in [0.717, 1.165) is 15.8 Å². The number of hydrogen-bond donors (Lipinski definition) is 1. The average Bonchev–Trinajstić information content (AvgIpc) is 3.22. The van der Waals surface area contributed by atoms with E-state index in [-0.39, 0.29) is 0 Å². The summed E-state index contributed by atoms with van der Waals surface area (Å²) in [6.07, 6.45) is 1.64. The van der Waals surface area contributed by atoms with Crippen LogP contribution >= 0.6 is 11.3 Å². The summed E-state index contributed by atoms with van der Waals surface area (Å²) >= 11 is 1.52. The molecule has 156 valence electrons. The molecule has 0 aliphatic carbocycles. The highest BCUT2D eigenvalue weighted by Gasteiger charge is 2.16. The van der Waals surface area contributed by atoms with Crippen molar-refractivity contribution in [3.8, 4) is 17.2 Å². The lowest BCUT2D eigenvalue weighted by Gasteiger charge is -2.11. The Labute approximate surface area is 182 Å². The number of carbonyl (C=O) groups is 1. The van der Waals surface area contributed by atoms with E-state index < -0.39 is 5.97 Å². The molecule has 0 atom stereocenters. The minimum atomic E-state index is -0.533. The molecule has 4 aromatic rings. The van der Waals surface area contributed by atoms with Crippen molar-refractivity contribution in [2.45, 2.75) is 0 Å². The lowest BCUT2D eigenvalue weighted by atomic mass is 10.2. The van der Waals surface area contributed by atoms with Crippen LogP contribution in [0, 0.1) is 0 Å². The first-order chi connectivity index (χ1) is 15.2. The topological polar surface area (TPSA) is 82.0 Å². The molecule has 0 spiro atoms. The van der Waals surface area contributed by atoms with Crippen LogP contribution in [-0.4, -0.2) is 31.4 Å². The second-order valence-corrected chi connectivity index (χ2v) is 7.39. The van der Waals surface area contributed by atoms with Gasteiger partial charge in [0.05, 0.1) is 30.7 Å². The summed E-state index contributed by atoms with van der Waals surface area (Å²) in [5, 5.41) is 4.94. The summed E-state index contributed by atoms with van der Waals surface area (Å²) < 4.78 is 17.2. The molecule has 1 heterocycles. The molecule has 0 saturated carbocycles. The molecular formula is C23H19N3O4S. The van der Waals surface area contributed by atoms with Crippen LogP contribution in [0.5, 0.6) is 17.2 Å². The van der Waals surface area contributed by atoms with E-state index in [1.165, 1.54) is 25.6 Å². The van der Waals surface area contributed by atoms with Crippen molar-refractivity contribution in [3.63, 3.8) is 0 Å². The highest BCUT2D eigenvalue weighted by Crippen LogP contribution is 2.30. The quantitative estimate of drug-likeness (QED) is 0.192. The lowest BCUT2D eigenvalue weighted by molar-refractivity contribution is 0.0726. The Bertz CT molecular complexity index is 1220. The van der Waals surface area contributed by atoms with Gasteiger partial charge in [-0.05, 0) is 48.0 Å². The van der Waals surface area contributed by atoms with Crippen LogP contribution in [0.15, 0.2) is 71.8 Å². The molecule has 31 heavy (non-hydrogen) atoms. The fourth-order valence-electron chi connectivity index (χ4n) is 2.90. The van der Waals surface area contributed by atoms with Gasteiger partial charge in [0.2, 0.25) is 5.13 Å². The van der Waals surface area contributed by atoms with E-state index >= 15 is 0 Å². The Hall–Kier alpha value is -3.91. The number of benzene rings is 3. The molecule has 1 N–H and O–H groups in total. The van der Waals surface area contributed by atoms with Gasteiger partial charge in [-0.3, -0.25) is 5.43 Å². The van der Waals surface area contributed by atoms with E-state index in [4.69, 9.17) is 14.2 Å². The van der Waals surface area contributed by atoms with Gasteiger partial charge in [0.15, 0.2) is 11.5 Å². The molecule has 1 aromatic heterocycles. The molecular weight excluding hydrogens is 414 g/mol. The van der Waals surface area contributed by atoms with Crippen molar-refractivity contribution in [3.05, 3.63) is 77.9 Å². The largest absolute Gasteiger partial charge is 0.496 e. The third-order valence-corrected chi connectivity index (χ3v) is 5.33. The van der Waals surface area contributed by atoms with Gasteiger partial charge >= 0.3 is 5.97 Å². The standard InChI is InChI=1S/C23H19N3O4S/c1-28-18-9-5-3-7-16(18)22(27)30-19-12-11-15(13-20(19)29-2)14-24-26-23-25-17-8-4-6-10-21(17)31-23/h3-14H,1-2H3,(H,25,26). The molecule has 0 radical (unpaired) electrons. The summed E-state index contributed by atoms with van der Waals surface area (Å²) in [5.41, 5.74) is 4.96. The summed E-state index contributed by atoms with van der Waals surface area (Å²) in [6, 6.07) is 19.9. The molecule has 0 aliphatic rings. The van der Waals surface area contributed by atoms with Crippen molar-refractivity contribution >= 4 is 38.9 Å². The maximum Gasteiger partial charge on any atom is 0.347 e. The number of anilines is 1. The fraction of sp³-hybridized carbons (Fsp3) is 0.0870. The molecule has 7 nitrogen and oxygen atoms in total. The lowest BCUT2D eigenvalue weighted by Crippen LogP contribution is -2.10. The number of para-hydroxylation sites is 2. The number of thiazole rings is 1. The van der Waals surface area contributed by atoms with Gasteiger partial charge in [0, 0.05) is 0 Å². The molecule has 8 heteroatoms. The Kier molecular flexibility index (Phi) is 6.09. The summed E-state index contributed by atoms with van der Waals surface area (Å²) in [5.74, 6) is 0.618. The van der Waals surface area contributed by atoms with Gasteiger partial charge in [-0.25, -0.2) is 9.78 Å². The van der Waals surface area contributed by atoms with Crippen LogP contribution in [0.1, 0.15) is 15.9 Å². The van der Waals surface area contributed by atoms with Crippen molar-refractivity contribution < 1.29 is 19.0 Å². The maximum absolute atomic E-state index is 12.5. The normalized spacial score (nSPS) is 10.9. The highest BCUT2D eigenvalue weighted by atomic mass is 32.1. The van der Waals surface area contributed by atoms with E-state index in [1.54, 1.807) is 48.7 Å². The predicted molar refractivity (Wildman–Crippen MR) is 122 cm³/mol. The van der Waals surface area contributed by atoms with Crippen molar-refractivity contribution in [2.24, 2.45) is 5.10 Å². The fourth-order valence-corrected chi connectivity index (χ4v) is 3.71. The summed E-state index contributed by atoms with van der Waals surface area (Å²) in [7, 11) is 3.01. The van der Waals surface area contributed by atoms with E-state index in [9.17, 15) is 4.79 Å². The Balaban J connectivity index is 1.47. The van der Waals surface area contributed by atoms with Crippen LogP contribution in [0.3, 0.4) is 0 Å². The molecule has 0 aliphatic heterocycles. The van der Waals surface area contributed by atoms with Crippen LogP contribution in [0.4, 0.5) is 5.13 Å². The van der Waals surface area contributed by atoms with Crippen LogP contribution in [0.25, 0.3) is 10.2 Å². The molecule has 0 saturated heterocycles. The Morgan fingerprint density at radius 1 is 0.968 bits per heavy atom. The van der Waals surface area contributed by atoms with E-state index in [2.05, 4.69) is 15.5 Å². The number of aromatic nitrogens is 1. The van der Waals surface area contributed by atoms with Crippen LogP contribution in [-0.2, 0) is 0 Å². The third kappa shape index (κ3) is 4.65. The molecule has 0 unspecified atom stereocenters. The zero-order valence-electron chi connectivity index (χ0n) is 16.9. The van der Waals surface area contributed by atoms with E-state index in [1.807, 2.05) is 24.3 Å². The summed E-state index contributed by atoms with van der Waals surface area (Å²) in [4.78, 5) is 17.0. The van der Waals surface area contributed by atoms with Gasteiger partial charge in [-0.2, -0.15) is 5.10 Å². The van der Waals surface area contributed by atoms with Crippen molar-refractivity contribution in [1.29, 1.82) is 0 Å². The number of hydrazone groups is 1. The van der Waals surface area contributed by atoms with Gasteiger partial charge in [0.25, 0.3) is 0 Å². The highest BCUT2D eigenvalue weighted by molar-refractivity contribution is 7.22. The number of nitrogens with one attached hydrogen (secondary N) is 1. The minimum Gasteiger partial charge on any atom is -0.496 e. The molecule has 0 fully saturated rings. The molecule has 0 amide bonds. The first-order valence-corrected chi connectivity index (χ1v) is 10.2. The molecule has 3 aromatic carbocycles. The Morgan fingerprint density at radius 2 is 1.74 bits per heavy atom. The minimum absolute atomic E-state index is 0.301. The zero-order chi connectivity index (χ0) is 21.6. The molecule has 4 rings (SSSR count). The summed E-state index contributed by atoms with van der Waals surface area (Å²) in [6.45, 7) is 0.